The second kappa shape index (κ2) is 5.10. The second-order valence-corrected chi connectivity index (χ2v) is 5.78. The molecule has 1 fully saturated rings. The number of aromatic nitrogens is 3. The standard InChI is InChI=1S/C14H19ClN4/c1-10-7-12-14(16-8-10)19(13(17-12)3-5-15)11-4-6-18(2)9-11/h7-8,11H,3-6,9H2,1-2H3. The Kier molecular flexibility index (Phi) is 3.46. The topological polar surface area (TPSA) is 34.0 Å². The van der Waals surface area contributed by atoms with Crippen molar-refractivity contribution >= 4 is 22.8 Å². The number of alkyl halides is 1. The van der Waals surface area contributed by atoms with Crippen LogP contribution >= 0.6 is 11.6 Å². The summed E-state index contributed by atoms with van der Waals surface area (Å²) in [6, 6.07) is 2.58. The lowest BCUT2D eigenvalue weighted by Gasteiger charge is -2.15. The van der Waals surface area contributed by atoms with E-state index in [2.05, 4.69) is 34.5 Å². The molecule has 2 aromatic heterocycles. The Morgan fingerprint density at radius 1 is 1.47 bits per heavy atom. The Bertz CT molecular complexity index is 592. The number of hydrogen-bond acceptors (Lipinski definition) is 3. The van der Waals surface area contributed by atoms with Crippen LogP contribution in [0, 0.1) is 6.92 Å². The molecule has 0 N–H and O–H groups in total. The predicted octanol–water partition coefficient (Wildman–Crippen LogP) is 2.40. The largest absolute Gasteiger partial charge is 0.308 e. The summed E-state index contributed by atoms with van der Waals surface area (Å²) >= 11 is 5.92. The van der Waals surface area contributed by atoms with Crippen LogP contribution in [0.25, 0.3) is 11.2 Å². The van der Waals surface area contributed by atoms with Crippen LogP contribution in [0.15, 0.2) is 12.3 Å². The normalized spacial score (nSPS) is 20.5. The highest BCUT2D eigenvalue weighted by atomic mass is 35.5. The highest BCUT2D eigenvalue weighted by Gasteiger charge is 2.25. The molecule has 3 rings (SSSR count). The van der Waals surface area contributed by atoms with Gasteiger partial charge in [0.05, 0.1) is 6.04 Å². The smallest absolute Gasteiger partial charge is 0.160 e. The highest BCUT2D eigenvalue weighted by molar-refractivity contribution is 6.17. The Morgan fingerprint density at radius 3 is 3.00 bits per heavy atom. The van der Waals surface area contributed by atoms with E-state index in [1.165, 1.54) is 0 Å². The summed E-state index contributed by atoms with van der Waals surface area (Å²) in [5.74, 6) is 1.67. The summed E-state index contributed by atoms with van der Waals surface area (Å²) in [5, 5.41) is 0. The van der Waals surface area contributed by atoms with Gasteiger partial charge in [0.2, 0.25) is 0 Å². The molecule has 0 bridgehead atoms. The van der Waals surface area contributed by atoms with Gasteiger partial charge in [-0.2, -0.15) is 0 Å². The van der Waals surface area contributed by atoms with E-state index in [0.717, 1.165) is 48.5 Å². The Labute approximate surface area is 118 Å². The number of rotatable bonds is 3. The van der Waals surface area contributed by atoms with Crippen molar-refractivity contribution in [3.63, 3.8) is 0 Å². The zero-order valence-electron chi connectivity index (χ0n) is 11.4. The fraction of sp³-hybridized carbons (Fsp3) is 0.571. The number of hydrogen-bond donors (Lipinski definition) is 0. The number of likely N-dealkylation sites (tertiary alicyclic amines) is 1. The molecule has 102 valence electrons. The molecular formula is C14H19ClN4. The van der Waals surface area contributed by atoms with E-state index in [9.17, 15) is 0 Å². The van der Waals surface area contributed by atoms with E-state index < -0.39 is 0 Å². The van der Waals surface area contributed by atoms with Gasteiger partial charge in [0, 0.05) is 25.0 Å². The Morgan fingerprint density at radius 2 is 2.32 bits per heavy atom. The molecule has 1 atom stereocenters. The number of aryl methyl sites for hydroxylation is 2. The molecule has 0 aliphatic carbocycles. The highest BCUT2D eigenvalue weighted by Crippen LogP contribution is 2.27. The zero-order valence-corrected chi connectivity index (χ0v) is 12.2. The SMILES string of the molecule is Cc1cnc2c(c1)nc(CCCl)n2C1CCN(C)C1. The molecule has 1 saturated heterocycles. The fourth-order valence-electron chi connectivity index (χ4n) is 2.90. The minimum Gasteiger partial charge on any atom is -0.308 e. The monoisotopic (exact) mass is 278 g/mol. The quantitative estimate of drug-likeness (QED) is 0.809. The summed E-state index contributed by atoms with van der Waals surface area (Å²) in [5.41, 5.74) is 3.15. The molecule has 1 unspecified atom stereocenters. The van der Waals surface area contributed by atoms with Crippen LogP contribution < -0.4 is 0 Å². The van der Waals surface area contributed by atoms with E-state index >= 15 is 0 Å². The van der Waals surface area contributed by atoms with E-state index in [0.29, 0.717) is 11.9 Å². The van der Waals surface area contributed by atoms with Gasteiger partial charge in [-0.05, 0) is 38.6 Å². The first-order valence-corrected chi connectivity index (χ1v) is 7.30. The van der Waals surface area contributed by atoms with Gasteiger partial charge < -0.3 is 9.47 Å². The van der Waals surface area contributed by atoms with Crippen molar-refractivity contribution in [3.8, 4) is 0 Å². The number of nitrogens with zero attached hydrogens (tertiary/aromatic N) is 4. The average molecular weight is 279 g/mol. The molecule has 0 spiro atoms. The zero-order chi connectivity index (χ0) is 13.4. The maximum absolute atomic E-state index is 5.92. The molecular weight excluding hydrogens is 260 g/mol. The molecule has 1 aliphatic heterocycles. The number of pyridine rings is 1. The first kappa shape index (κ1) is 12.9. The first-order chi connectivity index (χ1) is 9.19. The molecule has 0 aromatic carbocycles. The van der Waals surface area contributed by atoms with Gasteiger partial charge in [-0.1, -0.05) is 0 Å². The van der Waals surface area contributed by atoms with Crippen molar-refractivity contribution < 1.29 is 0 Å². The lowest BCUT2D eigenvalue weighted by atomic mass is 10.2. The van der Waals surface area contributed by atoms with Crippen LogP contribution in [0.4, 0.5) is 0 Å². The molecule has 0 radical (unpaired) electrons. The number of imidazole rings is 1. The Hall–Kier alpha value is -1.13. The molecule has 3 heterocycles. The van der Waals surface area contributed by atoms with Crippen LogP contribution in [0.2, 0.25) is 0 Å². The van der Waals surface area contributed by atoms with Crippen LogP contribution in [-0.2, 0) is 6.42 Å². The lowest BCUT2D eigenvalue weighted by molar-refractivity contribution is 0.392. The van der Waals surface area contributed by atoms with E-state index in [1.807, 2.05) is 6.20 Å². The summed E-state index contributed by atoms with van der Waals surface area (Å²) in [6.07, 6.45) is 3.88. The lowest BCUT2D eigenvalue weighted by Crippen LogP contribution is -2.18. The number of likely N-dealkylation sites (N-methyl/N-ethyl adjacent to an activating group) is 1. The van der Waals surface area contributed by atoms with Gasteiger partial charge in [0.25, 0.3) is 0 Å². The fourth-order valence-corrected chi connectivity index (χ4v) is 3.07. The van der Waals surface area contributed by atoms with Crippen LogP contribution in [-0.4, -0.2) is 45.5 Å². The summed E-state index contributed by atoms with van der Waals surface area (Å²) in [6.45, 7) is 4.25. The predicted molar refractivity (Wildman–Crippen MR) is 77.8 cm³/mol. The van der Waals surface area contributed by atoms with Crippen molar-refractivity contribution in [3.05, 3.63) is 23.7 Å². The maximum Gasteiger partial charge on any atom is 0.160 e. The van der Waals surface area contributed by atoms with Crippen molar-refractivity contribution in [1.29, 1.82) is 0 Å². The maximum atomic E-state index is 5.92. The molecule has 1 aliphatic rings. The van der Waals surface area contributed by atoms with E-state index in [-0.39, 0.29) is 0 Å². The van der Waals surface area contributed by atoms with Gasteiger partial charge >= 0.3 is 0 Å². The third-order valence-electron chi connectivity index (χ3n) is 3.79. The van der Waals surface area contributed by atoms with Gasteiger partial charge in [0.15, 0.2) is 5.65 Å². The molecule has 0 amide bonds. The first-order valence-electron chi connectivity index (χ1n) is 6.77. The third kappa shape index (κ3) is 2.35. The van der Waals surface area contributed by atoms with Crippen molar-refractivity contribution in [1.82, 2.24) is 19.4 Å². The number of fused-ring (bicyclic) bond motifs is 1. The van der Waals surface area contributed by atoms with Crippen molar-refractivity contribution in [2.45, 2.75) is 25.8 Å². The minimum absolute atomic E-state index is 0.475. The van der Waals surface area contributed by atoms with Crippen molar-refractivity contribution in [2.75, 3.05) is 26.0 Å². The molecule has 4 nitrogen and oxygen atoms in total. The summed E-state index contributed by atoms with van der Waals surface area (Å²) < 4.78 is 2.31. The number of halogens is 1. The van der Waals surface area contributed by atoms with Crippen molar-refractivity contribution in [2.24, 2.45) is 0 Å². The summed E-state index contributed by atoms with van der Waals surface area (Å²) in [7, 11) is 2.16. The Balaban J connectivity index is 2.11. The van der Waals surface area contributed by atoms with Crippen LogP contribution in [0.1, 0.15) is 23.9 Å². The van der Waals surface area contributed by atoms with E-state index in [4.69, 9.17) is 16.6 Å². The minimum atomic E-state index is 0.475. The van der Waals surface area contributed by atoms with E-state index in [1.54, 1.807) is 0 Å². The second-order valence-electron chi connectivity index (χ2n) is 5.40. The summed E-state index contributed by atoms with van der Waals surface area (Å²) in [4.78, 5) is 11.7. The van der Waals surface area contributed by atoms with Gasteiger partial charge in [-0.3, -0.25) is 0 Å². The van der Waals surface area contributed by atoms with Gasteiger partial charge in [0.1, 0.15) is 11.3 Å². The molecule has 0 saturated carbocycles. The molecule has 5 heteroatoms. The van der Waals surface area contributed by atoms with Gasteiger partial charge in [-0.15, -0.1) is 11.6 Å². The van der Waals surface area contributed by atoms with Crippen LogP contribution in [0.3, 0.4) is 0 Å². The average Bonchev–Trinajstić information content (AvgIpc) is 2.92. The van der Waals surface area contributed by atoms with Crippen LogP contribution in [0.5, 0.6) is 0 Å². The van der Waals surface area contributed by atoms with Gasteiger partial charge in [-0.25, -0.2) is 9.97 Å². The third-order valence-corrected chi connectivity index (χ3v) is 3.98. The molecule has 19 heavy (non-hydrogen) atoms. The molecule has 2 aromatic rings.